The van der Waals surface area contributed by atoms with Gasteiger partial charge in [0.15, 0.2) is 0 Å². The lowest BCUT2D eigenvalue weighted by atomic mass is 9.76. The van der Waals surface area contributed by atoms with Crippen molar-refractivity contribution in [2.45, 2.75) is 95.8 Å². The Kier molecular flexibility index (Phi) is 8.64. The van der Waals surface area contributed by atoms with Gasteiger partial charge in [0.2, 0.25) is 0 Å². The summed E-state index contributed by atoms with van der Waals surface area (Å²) in [7, 11) is 0. The summed E-state index contributed by atoms with van der Waals surface area (Å²) < 4.78 is 21.1. The first kappa shape index (κ1) is 24.0. The van der Waals surface area contributed by atoms with Gasteiger partial charge in [-0.25, -0.2) is 4.39 Å². The van der Waals surface area contributed by atoms with Crippen LogP contribution in [-0.4, -0.2) is 6.61 Å². The number of hydrogen-bond donors (Lipinski definition) is 0. The van der Waals surface area contributed by atoms with Crippen LogP contribution < -0.4 is 4.74 Å². The summed E-state index contributed by atoms with van der Waals surface area (Å²) in [4.78, 5) is 0. The van der Waals surface area contributed by atoms with Crippen molar-refractivity contribution < 1.29 is 9.13 Å². The summed E-state index contributed by atoms with van der Waals surface area (Å²) in [6.45, 7) is 6.76. The average molecular weight is 449 g/mol. The number of ether oxygens (including phenoxy) is 1. The van der Waals surface area contributed by atoms with Crippen molar-refractivity contribution in [3.63, 3.8) is 0 Å². The second-order valence-electron chi connectivity index (χ2n) is 10.3. The van der Waals surface area contributed by atoms with Gasteiger partial charge in [0.05, 0.1) is 6.61 Å². The van der Waals surface area contributed by atoms with Crippen LogP contribution in [0.3, 0.4) is 0 Å². The zero-order valence-corrected chi connectivity index (χ0v) is 20.5. The standard InChI is InChI=1S/C31H41FO/c1-3-5-7-19-33-29-17-15-25-20-28(14-13-26(25)21-29)30-18-16-27(22-31(30)32)24-11-9-23(10-12-24)8-6-4-2/h3,15-18,21-24,28H,1,4-14,19-20H2,2H3. The maximum atomic E-state index is 15.2. The first-order valence-electron chi connectivity index (χ1n) is 13.3. The zero-order valence-electron chi connectivity index (χ0n) is 20.5. The molecule has 2 aliphatic rings. The first-order valence-corrected chi connectivity index (χ1v) is 13.3. The Bertz CT molecular complexity index is 909. The largest absolute Gasteiger partial charge is 0.494 e. The van der Waals surface area contributed by atoms with Crippen molar-refractivity contribution in [2.75, 3.05) is 6.61 Å². The number of aryl methyl sites for hydroxylation is 1. The van der Waals surface area contributed by atoms with Crippen LogP contribution in [0.15, 0.2) is 49.1 Å². The highest BCUT2D eigenvalue weighted by molar-refractivity contribution is 5.40. The maximum absolute atomic E-state index is 15.2. The van der Waals surface area contributed by atoms with E-state index in [0.717, 1.165) is 55.9 Å². The maximum Gasteiger partial charge on any atom is 0.126 e. The molecule has 0 heterocycles. The van der Waals surface area contributed by atoms with Crippen molar-refractivity contribution in [3.8, 4) is 5.75 Å². The van der Waals surface area contributed by atoms with E-state index < -0.39 is 0 Å². The van der Waals surface area contributed by atoms with Gasteiger partial charge in [-0.15, -0.1) is 6.58 Å². The molecule has 178 valence electrons. The Morgan fingerprint density at radius 1 is 0.970 bits per heavy atom. The highest BCUT2D eigenvalue weighted by atomic mass is 19.1. The normalized spacial score (nSPS) is 22.5. The van der Waals surface area contributed by atoms with Crippen LogP contribution in [0.25, 0.3) is 0 Å². The SMILES string of the molecule is C=CCCCOc1ccc2c(c1)CCC(c1ccc(C3CCC(CCCC)CC3)cc1F)C2. The van der Waals surface area contributed by atoms with E-state index in [-0.39, 0.29) is 11.7 Å². The zero-order chi connectivity index (χ0) is 23.0. The van der Waals surface area contributed by atoms with Gasteiger partial charge in [0.1, 0.15) is 11.6 Å². The van der Waals surface area contributed by atoms with Crippen LogP contribution in [0, 0.1) is 11.7 Å². The molecule has 1 fully saturated rings. The predicted octanol–water partition coefficient (Wildman–Crippen LogP) is 8.91. The first-order chi connectivity index (χ1) is 16.2. The third kappa shape index (κ3) is 6.28. The lowest BCUT2D eigenvalue weighted by Gasteiger charge is -2.30. The number of allylic oxidation sites excluding steroid dienone is 1. The highest BCUT2D eigenvalue weighted by Crippen LogP contribution is 2.40. The molecule has 0 bridgehead atoms. The van der Waals surface area contributed by atoms with E-state index in [1.54, 1.807) is 0 Å². The number of hydrogen-bond acceptors (Lipinski definition) is 1. The van der Waals surface area contributed by atoms with Gasteiger partial charge in [-0.3, -0.25) is 0 Å². The van der Waals surface area contributed by atoms with Crippen molar-refractivity contribution in [1.29, 1.82) is 0 Å². The summed E-state index contributed by atoms with van der Waals surface area (Å²) in [5.74, 6) is 2.68. The number of fused-ring (bicyclic) bond motifs is 1. The molecule has 2 aliphatic carbocycles. The highest BCUT2D eigenvalue weighted by Gasteiger charge is 2.26. The monoisotopic (exact) mass is 448 g/mol. The van der Waals surface area contributed by atoms with Gasteiger partial charge in [-0.1, -0.05) is 50.5 Å². The number of halogens is 1. The number of unbranched alkanes of at least 4 members (excludes halogenated alkanes) is 2. The minimum Gasteiger partial charge on any atom is -0.494 e. The third-order valence-electron chi connectivity index (χ3n) is 7.98. The minimum atomic E-state index is 0.0104. The van der Waals surface area contributed by atoms with Gasteiger partial charge >= 0.3 is 0 Å². The minimum absolute atomic E-state index is 0.0104. The number of benzene rings is 2. The molecule has 2 aromatic rings. The summed E-state index contributed by atoms with van der Waals surface area (Å²) in [5, 5.41) is 0. The molecule has 4 rings (SSSR count). The fourth-order valence-corrected chi connectivity index (χ4v) is 5.91. The molecule has 0 aliphatic heterocycles. The van der Waals surface area contributed by atoms with Crippen LogP contribution in [0.5, 0.6) is 5.75 Å². The van der Waals surface area contributed by atoms with Crippen molar-refractivity contribution in [1.82, 2.24) is 0 Å². The third-order valence-corrected chi connectivity index (χ3v) is 7.98. The molecule has 0 spiro atoms. The molecule has 1 saturated carbocycles. The Labute approximate surface area is 200 Å². The molecule has 2 heteroatoms. The second kappa shape index (κ2) is 11.9. The molecule has 0 amide bonds. The van der Waals surface area contributed by atoms with E-state index in [9.17, 15) is 0 Å². The van der Waals surface area contributed by atoms with E-state index in [2.05, 4.69) is 43.8 Å². The molecule has 2 aromatic carbocycles. The van der Waals surface area contributed by atoms with E-state index in [0.29, 0.717) is 5.92 Å². The second-order valence-corrected chi connectivity index (χ2v) is 10.3. The van der Waals surface area contributed by atoms with Crippen LogP contribution in [0.4, 0.5) is 4.39 Å². The molecule has 0 radical (unpaired) electrons. The number of rotatable bonds is 10. The van der Waals surface area contributed by atoms with Gasteiger partial charge in [-0.2, -0.15) is 0 Å². The Morgan fingerprint density at radius 2 is 1.82 bits per heavy atom. The Morgan fingerprint density at radius 3 is 2.58 bits per heavy atom. The fraction of sp³-hybridized carbons (Fsp3) is 0.548. The molecule has 33 heavy (non-hydrogen) atoms. The molecule has 0 aromatic heterocycles. The van der Waals surface area contributed by atoms with Gasteiger partial charge in [-0.05, 0) is 116 Å². The van der Waals surface area contributed by atoms with Gasteiger partial charge < -0.3 is 4.74 Å². The van der Waals surface area contributed by atoms with Crippen LogP contribution in [-0.2, 0) is 12.8 Å². The van der Waals surface area contributed by atoms with E-state index in [4.69, 9.17) is 4.74 Å². The molecule has 1 unspecified atom stereocenters. The van der Waals surface area contributed by atoms with E-state index in [1.807, 2.05) is 12.1 Å². The molecular weight excluding hydrogens is 407 g/mol. The van der Waals surface area contributed by atoms with Crippen LogP contribution in [0.2, 0.25) is 0 Å². The summed E-state index contributed by atoms with van der Waals surface area (Å²) in [5.41, 5.74) is 4.84. The van der Waals surface area contributed by atoms with Crippen LogP contribution in [0.1, 0.15) is 105 Å². The summed E-state index contributed by atoms with van der Waals surface area (Å²) >= 11 is 0. The quantitative estimate of drug-likeness (QED) is 0.260. The van der Waals surface area contributed by atoms with E-state index >= 15 is 4.39 Å². The van der Waals surface area contributed by atoms with Crippen molar-refractivity contribution >= 4 is 0 Å². The van der Waals surface area contributed by atoms with Gasteiger partial charge in [0.25, 0.3) is 0 Å². The molecule has 0 N–H and O–H groups in total. The summed E-state index contributed by atoms with van der Waals surface area (Å²) in [6.07, 6.45) is 15.9. The van der Waals surface area contributed by atoms with Crippen molar-refractivity contribution in [2.24, 2.45) is 5.92 Å². The van der Waals surface area contributed by atoms with E-state index in [1.165, 1.54) is 61.6 Å². The molecule has 1 nitrogen and oxygen atoms in total. The molecular formula is C31H41FO. The Hall–Kier alpha value is -2.09. The molecule has 1 atom stereocenters. The lowest BCUT2D eigenvalue weighted by molar-refractivity contribution is 0.304. The predicted molar refractivity (Wildman–Crippen MR) is 137 cm³/mol. The topological polar surface area (TPSA) is 9.23 Å². The van der Waals surface area contributed by atoms with Crippen LogP contribution >= 0.6 is 0 Å². The molecule has 0 saturated heterocycles. The lowest BCUT2D eigenvalue weighted by Crippen LogP contribution is -2.16. The Balaban J connectivity index is 1.35. The summed E-state index contributed by atoms with van der Waals surface area (Å²) in [6, 6.07) is 12.6. The fourth-order valence-electron chi connectivity index (χ4n) is 5.91. The average Bonchev–Trinajstić information content (AvgIpc) is 2.85. The smallest absolute Gasteiger partial charge is 0.126 e. The van der Waals surface area contributed by atoms with Crippen molar-refractivity contribution in [3.05, 3.63) is 77.1 Å². The van der Waals surface area contributed by atoms with Gasteiger partial charge in [0, 0.05) is 0 Å².